The van der Waals surface area contributed by atoms with Crippen LogP contribution in [0.2, 0.25) is 10.0 Å². The molecule has 28 heavy (non-hydrogen) atoms. The molecule has 3 nitrogen and oxygen atoms in total. The molecular weight excluding hydrogens is 413 g/mol. The fourth-order valence-electron chi connectivity index (χ4n) is 4.08. The van der Waals surface area contributed by atoms with Gasteiger partial charge in [0.2, 0.25) is 5.91 Å². The maximum Gasteiger partial charge on any atom is 0.232 e. The van der Waals surface area contributed by atoms with Crippen LogP contribution in [0.3, 0.4) is 0 Å². The topological polar surface area (TPSA) is 37.4 Å². The predicted molar refractivity (Wildman–Crippen MR) is 115 cm³/mol. The number of thioether (sulfide) groups is 1. The first-order valence-corrected chi connectivity index (χ1v) is 11.1. The Balaban J connectivity index is 1.84. The van der Waals surface area contributed by atoms with Crippen molar-refractivity contribution in [2.24, 2.45) is 0 Å². The minimum Gasteiger partial charge on any atom is -0.294 e. The Morgan fingerprint density at radius 2 is 1.68 bits per heavy atom. The number of benzene rings is 2. The van der Waals surface area contributed by atoms with E-state index < -0.39 is 0 Å². The van der Waals surface area contributed by atoms with Gasteiger partial charge in [-0.25, -0.2) is 0 Å². The molecule has 0 N–H and O–H groups in total. The minimum atomic E-state index is -0.197. The van der Waals surface area contributed by atoms with Crippen LogP contribution in [0.25, 0.3) is 0 Å². The summed E-state index contributed by atoms with van der Waals surface area (Å²) in [6.45, 7) is 0. The van der Waals surface area contributed by atoms with Crippen LogP contribution in [0, 0.1) is 0 Å². The summed E-state index contributed by atoms with van der Waals surface area (Å²) in [6, 6.07) is 13.2. The number of Topliss-reactive ketones (excluding diaryl/α,β-unsaturated/α-hetero) is 1. The van der Waals surface area contributed by atoms with E-state index in [2.05, 4.69) is 0 Å². The molecule has 1 atom stereocenters. The second kappa shape index (κ2) is 7.94. The molecule has 1 heterocycles. The van der Waals surface area contributed by atoms with Crippen molar-refractivity contribution in [3.8, 4) is 0 Å². The van der Waals surface area contributed by atoms with Gasteiger partial charge in [-0.05, 0) is 55.0 Å². The Hall–Kier alpha value is -1.75. The highest BCUT2D eigenvalue weighted by Gasteiger charge is 2.39. The molecule has 1 aliphatic heterocycles. The van der Waals surface area contributed by atoms with Crippen molar-refractivity contribution in [3.63, 3.8) is 0 Å². The smallest absolute Gasteiger partial charge is 0.232 e. The van der Waals surface area contributed by atoms with Gasteiger partial charge < -0.3 is 0 Å². The van der Waals surface area contributed by atoms with Crippen molar-refractivity contribution in [2.45, 2.75) is 36.5 Å². The Bertz CT molecular complexity index is 964. The van der Waals surface area contributed by atoms with Gasteiger partial charge in [0.1, 0.15) is 0 Å². The zero-order chi connectivity index (χ0) is 19.8. The summed E-state index contributed by atoms with van der Waals surface area (Å²) in [7, 11) is 0. The van der Waals surface area contributed by atoms with E-state index in [1.807, 2.05) is 30.5 Å². The van der Waals surface area contributed by atoms with Crippen LogP contribution >= 0.6 is 35.0 Å². The molecule has 0 radical (unpaired) electrons. The number of halogens is 2. The fraction of sp³-hybridized carbons (Fsp3) is 0.273. The molecule has 1 aliphatic carbocycles. The molecule has 1 unspecified atom stereocenters. The molecule has 0 aromatic heterocycles. The van der Waals surface area contributed by atoms with E-state index in [4.69, 9.17) is 23.2 Å². The van der Waals surface area contributed by atoms with Gasteiger partial charge in [-0.2, -0.15) is 0 Å². The molecule has 0 fully saturated rings. The van der Waals surface area contributed by atoms with Crippen LogP contribution in [-0.4, -0.2) is 17.9 Å². The Labute approximate surface area is 178 Å². The van der Waals surface area contributed by atoms with E-state index >= 15 is 0 Å². The molecule has 4 rings (SSSR count). The number of nitrogens with zero attached hydrogens (tertiary/aromatic N) is 1. The number of rotatable bonds is 3. The Kier molecular flexibility index (Phi) is 5.55. The molecule has 0 spiro atoms. The first-order chi connectivity index (χ1) is 13.5. The summed E-state index contributed by atoms with van der Waals surface area (Å²) in [5, 5.41) is 0.934. The van der Waals surface area contributed by atoms with Crippen molar-refractivity contribution < 1.29 is 9.59 Å². The maximum atomic E-state index is 13.2. The number of allylic oxidation sites excluding steroid dienone is 2. The largest absolute Gasteiger partial charge is 0.294 e. The number of carbonyl (C=O) groups excluding carboxylic acids is 2. The normalized spacial score (nSPS) is 19.8. The lowest BCUT2D eigenvalue weighted by Gasteiger charge is -2.38. The summed E-state index contributed by atoms with van der Waals surface area (Å²) in [5.74, 6) is -0.103. The molecule has 2 aromatic rings. The molecule has 144 valence electrons. The standard InChI is InChI=1S/C22H19Cl2NO2S/c1-28-17-7-5-13(6-8-17)18-12-21(27)25(16-10-14(23)9-15(24)11-16)19-3-2-4-20(26)22(18)19/h5-11,18H,2-4,12H2,1H3. The third kappa shape index (κ3) is 3.61. The van der Waals surface area contributed by atoms with Crippen molar-refractivity contribution in [1.82, 2.24) is 0 Å². The zero-order valence-corrected chi connectivity index (χ0v) is 17.7. The molecular formula is C22H19Cl2NO2S. The average Bonchev–Trinajstić information content (AvgIpc) is 2.66. The van der Waals surface area contributed by atoms with Gasteiger partial charge in [0.25, 0.3) is 0 Å². The number of amides is 1. The molecule has 1 amide bonds. The Morgan fingerprint density at radius 3 is 2.32 bits per heavy atom. The quantitative estimate of drug-likeness (QED) is 0.539. The van der Waals surface area contributed by atoms with Crippen LogP contribution < -0.4 is 4.90 Å². The van der Waals surface area contributed by atoms with E-state index in [1.165, 1.54) is 0 Å². The number of ketones is 1. The van der Waals surface area contributed by atoms with Gasteiger partial charge in [0, 0.05) is 45.0 Å². The second-order valence-electron chi connectivity index (χ2n) is 7.02. The van der Waals surface area contributed by atoms with Crippen molar-refractivity contribution in [2.75, 3.05) is 11.2 Å². The highest BCUT2D eigenvalue weighted by atomic mass is 35.5. The molecule has 0 saturated carbocycles. The number of anilines is 1. The lowest BCUT2D eigenvalue weighted by atomic mass is 9.77. The van der Waals surface area contributed by atoms with Gasteiger partial charge in [-0.3, -0.25) is 14.5 Å². The van der Waals surface area contributed by atoms with Gasteiger partial charge in [-0.15, -0.1) is 11.8 Å². The summed E-state index contributed by atoms with van der Waals surface area (Å²) in [5.41, 5.74) is 3.20. The van der Waals surface area contributed by atoms with Gasteiger partial charge in [0.05, 0.1) is 5.69 Å². The molecule has 6 heteroatoms. The fourth-order valence-corrected chi connectivity index (χ4v) is 5.00. The molecule has 0 saturated heterocycles. The van der Waals surface area contributed by atoms with Crippen molar-refractivity contribution in [3.05, 3.63) is 69.3 Å². The first-order valence-electron chi connectivity index (χ1n) is 9.17. The van der Waals surface area contributed by atoms with E-state index in [9.17, 15) is 9.59 Å². The van der Waals surface area contributed by atoms with E-state index in [0.717, 1.165) is 28.1 Å². The molecule has 2 aliphatic rings. The van der Waals surface area contributed by atoms with Crippen LogP contribution in [0.4, 0.5) is 5.69 Å². The van der Waals surface area contributed by atoms with Crippen molar-refractivity contribution in [1.29, 1.82) is 0 Å². The van der Waals surface area contributed by atoms with Crippen LogP contribution in [0.1, 0.15) is 37.2 Å². The first kappa shape index (κ1) is 19.6. The lowest BCUT2D eigenvalue weighted by molar-refractivity contribution is -0.119. The van der Waals surface area contributed by atoms with Gasteiger partial charge >= 0.3 is 0 Å². The van der Waals surface area contributed by atoms with Crippen molar-refractivity contribution >= 4 is 52.3 Å². The third-order valence-corrected chi connectivity index (χ3v) is 6.48. The highest BCUT2D eigenvalue weighted by molar-refractivity contribution is 7.98. The lowest BCUT2D eigenvalue weighted by Crippen LogP contribution is -2.40. The summed E-state index contributed by atoms with van der Waals surface area (Å²) >= 11 is 14.0. The SMILES string of the molecule is CSc1ccc(C2CC(=O)N(c3cc(Cl)cc(Cl)c3)C3=C2C(=O)CCC3)cc1. The summed E-state index contributed by atoms with van der Waals surface area (Å²) < 4.78 is 0. The maximum absolute atomic E-state index is 13.2. The van der Waals surface area contributed by atoms with Crippen LogP contribution in [0.5, 0.6) is 0 Å². The van der Waals surface area contributed by atoms with E-state index in [0.29, 0.717) is 28.6 Å². The highest BCUT2D eigenvalue weighted by Crippen LogP contribution is 2.44. The monoisotopic (exact) mass is 431 g/mol. The number of hydrogen-bond donors (Lipinski definition) is 0. The average molecular weight is 432 g/mol. The van der Waals surface area contributed by atoms with Gasteiger partial charge in [0.15, 0.2) is 5.78 Å². The Morgan fingerprint density at radius 1 is 1.00 bits per heavy atom. The predicted octanol–water partition coefficient (Wildman–Crippen LogP) is 6.24. The number of hydrogen-bond acceptors (Lipinski definition) is 3. The summed E-state index contributed by atoms with van der Waals surface area (Å²) in [6.07, 6.45) is 4.24. The number of carbonyl (C=O) groups is 2. The third-order valence-electron chi connectivity index (χ3n) is 5.30. The molecule has 0 bridgehead atoms. The molecule has 2 aromatic carbocycles. The minimum absolute atomic E-state index is 0.0364. The van der Waals surface area contributed by atoms with Crippen LogP contribution in [-0.2, 0) is 9.59 Å². The second-order valence-corrected chi connectivity index (χ2v) is 8.78. The summed E-state index contributed by atoms with van der Waals surface area (Å²) in [4.78, 5) is 28.9. The van der Waals surface area contributed by atoms with E-state index in [-0.39, 0.29) is 24.0 Å². The van der Waals surface area contributed by atoms with Crippen LogP contribution in [0.15, 0.2) is 58.6 Å². The van der Waals surface area contributed by atoms with E-state index in [1.54, 1.807) is 34.9 Å². The zero-order valence-electron chi connectivity index (χ0n) is 15.4. The van der Waals surface area contributed by atoms with Gasteiger partial charge in [-0.1, -0.05) is 35.3 Å².